The van der Waals surface area contributed by atoms with Crippen LogP contribution in [0.3, 0.4) is 0 Å². The molecule has 1 aliphatic heterocycles. The van der Waals surface area contributed by atoms with Crippen molar-refractivity contribution < 1.29 is 4.79 Å². The molecule has 1 amide bonds. The molecule has 0 fully saturated rings. The maximum absolute atomic E-state index is 12.1. The van der Waals surface area contributed by atoms with Crippen LogP contribution < -0.4 is 5.32 Å². The number of nitrogens with one attached hydrogen (secondary N) is 1. The molecule has 2 heterocycles. The first-order valence-electron chi connectivity index (χ1n) is 6.13. The number of aromatic nitrogens is 1. The van der Waals surface area contributed by atoms with Crippen LogP contribution >= 0.6 is 0 Å². The predicted molar refractivity (Wildman–Crippen MR) is 68.2 cm³/mol. The van der Waals surface area contributed by atoms with Gasteiger partial charge in [-0.15, -0.1) is 0 Å². The fourth-order valence-corrected chi connectivity index (χ4v) is 2.82. The lowest BCUT2D eigenvalue weighted by Gasteiger charge is -2.21. The van der Waals surface area contributed by atoms with Gasteiger partial charge in [0.15, 0.2) is 0 Å². The second kappa shape index (κ2) is 3.62. The quantitative estimate of drug-likeness (QED) is 0.798. The minimum atomic E-state index is 0.0665. The van der Waals surface area contributed by atoms with E-state index in [4.69, 9.17) is 0 Å². The molecule has 0 aliphatic carbocycles. The number of aryl methyl sites for hydroxylation is 1. The van der Waals surface area contributed by atoms with Crippen molar-refractivity contribution in [1.82, 2.24) is 9.88 Å². The first-order valence-corrected chi connectivity index (χ1v) is 6.13. The Bertz CT molecular complexity index is 598. The monoisotopic (exact) mass is 228 g/mol. The summed E-state index contributed by atoms with van der Waals surface area (Å²) in [6.07, 6.45) is 0.925. The summed E-state index contributed by atoms with van der Waals surface area (Å²) in [7, 11) is 0. The number of hydrogen-bond donors (Lipinski definition) is 1. The molecule has 0 spiro atoms. The van der Waals surface area contributed by atoms with E-state index >= 15 is 0 Å². The van der Waals surface area contributed by atoms with E-state index in [0.717, 1.165) is 18.7 Å². The molecule has 0 bridgehead atoms. The van der Waals surface area contributed by atoms with Crippen molar-refractivity contribution in [1.29, 1.82) is 0 Å². The molecule has 1 N–H and O–H groups in total. The number of carbonyl (C=O) groups excluding carboxylic acids is 1. The zero-order chi connectivity index (χ0) is 12.0. The van der Waals surface area contributed by atoms with Crippen molar-refractivity contribution in [3.05, 3.63) is 35.5 Å². The van der Waals surface area contributed by atoms with E-state index in [1.54, 1.807) is 0 Å². The lowest BCUT2D eigenvalue weighted by molar-refractivity contribution is 0.0920. The molecule has 1 aromatic heterocycles. The van der Waals surface area contributed by atoms with Crippen LogP contribution in [0.4, 0.5) is 0 Å². The summed E-state index contributed by atoms with van der Waals surface area (Å²) >= 11 is 0. The summed E-state index contributed by atoms with van der Waals surface area (Å²) in [5, 5.41) is 4.24. The standard InChI is InChI=1S/C14H16N2O/c1-3-16-12-7-5-4-6-10(12)11-8-9(2)15-14(17)13(11)16/h4-7,9H,3,8H2,1-2H3,(H,15,17). The summed E-state index contributed by atoms with van der Waals surface area (Å²) in [6, 6.07) is 8.51. The van der Waals surface area contributed by atoms with Crippen LogP contribution in [0.1, 0.15) is 29.9 Å². The molecular weight excluding hydrogens is 212 g/mol. The van der Waals surface area contributed by atoms with Gasteiger partial charge in [-0.3, -0.25) is 4.79 Å². The van der Waals surface area contributed by atoms with Crippen LogP contribution in [0.5, 0.6) is 0 Å². The smallest absolute Gasteiger partial charge is 0.268 e. The van der Waals surface area contributed by atoms with Gasteiger partial charge in [-0.1, -0.05) is 18.2 Å². The molecule has 1 aliphatic rings. The van der Waals surface area contributed by atoms with Crippen molar-refractivity contribution in [2.75, 3.05) is 0 Å². The molecule has 0 radical (unpaired) electrons. The molecule has 0 saturated carbocycles. The molecule has 3 rings (SSSR count). The zero-order valence-electron chi connectivity index (χ0n) is 10.2. The summed E-state index contributed by atoms with van der Waals surface area (Å²) in [4.78, 5) is 12.1. The topological polar surface area (TPSA) is 34.0 Å². The number of hydrogen-bond acceptors (Lipinski definition) is 1. The van der Waals surface area contributed by atoms with E-state index in [0.29, 0.717) is 0 Å². The van der Waals surface area contributed by atoms with Crippen LogP contribution in [-0.4, -0.2) is 16.5 Å². The minimum Gasteiger partial charge on any atom is -0.348 e. The second-order valence-corrected chi connectivity index (χ2v) is 4.67. The number of nitrogens with zero attached hydrogens (tertiary/aromatic N) is 1. The SMILES string of the molecule is CCn1c2c(c3ccccc31)CC(C)NC2=O. The van der Waals surface area contributed by atoms with Gasteiger partial charge in [0.05, 0.1) is 0 Å². The number of rotatable bonds is 1. The van der Waals surface area contributed by atoms with Gasteiger partial charge in [0.1, 0.15) is 5.69 Å². The Labute approximate surface area is 100 Å². The van der Waals surface area contributed by atoms with Gasteiger partial charge in [0, 0.05) is 23.5 Å². The van der Waals surface area contributed by atoms with Crippen LogP contribution in [-0.2, 0) is 13.0 Å². The molecule has 1 atom stereocenters. The Kier molecular flexibility index (Phi) is 2.21. The predicted octanol–water partition coefficient (Wildman–Crippen LogP) is 2.34. The maximum Gasteiger partial charge on any atom is 0.268 e. The van der Waals surface area contributed by atoms with E-state index in [-0.39, 0.29) is 11.9 Å². The molecule has 0 saturated heterocycles. The van der Waals surface area contributed by atoms with E-state index < -0.39 is 0 Å². The molecule has 1 aromatic carbocycles. The molecule has 17 heavy (non-hydrogen) atoms. The van der Waals surface area contributed by atoms with E-state index in [1.807, 2.05) is 12.1 Å². The summed E-state index contributed by atoms with van der Waals surface area (Å²) in [5.74, 6) is 0.0665. The molecular formula is C14H16N2O. The number of carbonyl (C=O) groups is 1. The third-order valence-electron chi connectivity index (χ3n) is 3.49. The Hall–Kier alpha value is -1.77. The fraction of sp³-hybridized carbons (Fsp3) is 0.357. The summed E-state index contributed by atoms with van der Waals surface area (Å²) in [6.45, 7) is 4.97. The van der Waals surface area contributed by atoms with Gasteiger partial charge in [-0.25, -0.2) is 0 Å². The van der Waals surface area contributed by atoms with Gasteiger partial charge < -0.3 is 9.88 Å². The van der Waals surface area contributed by atoms with Gasteiger partial charge in [-0.05, 0) is 31.9 Å². The number of benzene rings is 1. The normalized spacial score (nSPS) is 19.2. The Balaban J connectivity index is 2.38. The highest BCUT2D eigenvalue weighted by Gasteiger charge is 2.27. The van der Waals surface area contributed by atoms with Crippen molar-refractivity contribution in [3.8, 4) is 0 Å². The highest BCUT2D eigenvalue weighted by molar-refractivity contribution is 6.03. The lowest BCUT2D eigenvalue weighted by atomic mass is 9.99. The van der Waals surface area contributed by atoms with Gasteiger partial charge in [0.2, 0.25) is 0 Å². The number of para-hydroxylation sites is 1. The lowest BCUT2D eigenvalue weighted by Crippen LogP contribution is -2.40. The van der Waals surface area contributed by atoms with E-state index in [9.17, 15) is 4.79 Å². The van der Waals surface area contributed by atoms with E-state index in [1.165, 1.54) is 16.5 Å². The van der Waals surface area contributed by atoms with Crippen LogP contribution in [0.2, 0.25) is 0 Å². The Morgan fingerprint density at radius 3 is 2.94 bits per heavy atom. The zero-order valence-corrected chi connectivity index (χ0v) is 10.2. The first-order chi connectivity index (χ1) is 8.22. The third kappa shape index (κ3) is 1.38. The van der Waals surface area contributed by atoms with Crippen molar-refractivity contribution >= 4 is 16.8 Å². The summed E-state index contributed by atoms with van der Waals surface area (Å²) < 4.78 is 2.12. The molecule has 88 valence electrons. The largest absolute Gasteiger partial charge is 0.348 e. The van der Waals surface area contributed by atoms with Gasteiger partial charge in [-0.2, -0.15) is 0 Å². The minimum absolute atomic E-state index is 0.0665. The Morgan fingerprint density at radius 1 is 1.41 bits per heavy atom. The van der Waals surface area contributed by atoms with Crippen LogP contribution in [0.25, 0.3) is 10.9 Å². The van der Waals surface area contributed by atoms with Crippen molar-refractivity contribution in [3.63, 3.8) is 0 Å². The highest BCUT2D eigenvalue weighted by Crippen LogP contribution is 2.29. The molecule has 3 heteroatoms. The highest BCUT2D eigenvalue weighted by atomic mass is 16.2. The van der Waals surface area contributed by atoms with E-state index in [2.05, 4.69) is 35.9 Å². The second-order valence-electron chi connectivity index (χ2n) is 4.67. The first kappa shape index (κ1) is 10.4. The fourth-order valence-electron chi connectivity index (χ4n) is 2.82. The number of fused-ring (bicyclic) bond motifs is 3. The van der Waals surface area contributed by atoms with Crippen LogP contribution in [0.15, 0.2) is 24.3 Å². The van der Waals surface area contributed by atoms with Crippen LogP contribution in [0, 0.1) is 0 Å². The average molecular weight is 228 g/mol. The Morgan fingerprint density at radius 2 is 2.18 bits per heavy atom. The molecule has 2 aromatic rings. The van der Waals surface area contributed by atoms with Gasteiger partial charge in [0.25, 0.3) is 5.91 Å². The van der Waals surface area contributed by atoms with Crippen molar-refractivity contribution in [2.24, 2.45) is 0 Å². The molecule has 3 nitrogen and oxygen atoms in total. The summed E-state index contributed by atoms with van der Waals surface area (Å²) in [5.41, 5.74) is 3.23. The van der Waals surface area contributed by atoms with Crippen molar-refractivity contribution in [2.45, 2.75) is 32.9 Å². The average Bonchev–Trinajstić information content (AvgIpc) is 2.63. The third-order valence-corrected chi connectivity index (χ3v) is 3.49. The molecule has 1 unspecified atom stereocenters. The van der Waals surface area contributed by atoms with Gasteiger partial charge >= 0.3 is 0 Å². The number of amides is 1. The maximum atomic E-state index is 12.1.